The van der Waals surface area contributed by atoms with E-state index < -0.39 is 0 Å². The van der Waals surface area contributed by atoms with E-state index in [1.165, 1.54) is 20.4 Å². The van der Waals surface area contributed by atoms with Gasteiger partial charge in [0.1, 0.15) is 0 Å². The van der Waals surface area contributed by atoms with Crippen molar-refractivity contribution in [1.29, 1.82) is 0 Å². The molecule has 2 aliphatic heterocycles. The first-order valence-corrected chi connectivity index (χ1v) is 9.89. The molecule has 2 aromatic rings. The normalized spacial score (nSPS) is 26.0. The van der Waals surface area contributed by atoms with Gasteiger partial charge in [0.15, 0.2) is 11.5 Å². The van der Waals surface area contributed by atoms with E-state index in [-0.39, 0.29) is 6.04 Å². The molecular weight excluding hydrogens is 481 g/mol. The Labute approximate surface area is 162 Å². The van der Waals surface area contributed by atoms with Crippen molar-refractivity contribution in [2.24, 2.45) is 5.92 Å². The summed E-state index contributed by atoms with van der Waals surface area (Å²) in [6.07, 6.45) is 5.78. The Bertz CT molecular complexity index is 867. The molecular formula is C19H15BrINO2. The van der Waals surface area contributed by atoms with E-state index in [1.807, 2.05) is 6.07 Å². The Morgan fingerprint density at radius 1 is 1.08 bits per heavy atom. The van der Waals surface area contributed by atoms with Gasteiger partial charge in [-0.1, -0.05) is 28.1 Å². The van der Waals surface area contributed by atoms with Crippen molar-refractivity contribution in [2.45, 2.75) is 18.4 Å². The fraction of sp³-hybridized carbons (Fsp3) is 0.263. The topological polar surface area (TPSA) is 30.5 Å². The molecule has 0 fully saturated rings. The van der Waals surface area contributed by atoms with Crippen LogP contribution in [-0.4, -0.2) is 6.79 Å². The largest absolute Gasteiger partial charge is 0.454 e. The molecule has 122 valence electrons. The molecule has 0 unspecified atom stereocenters. The minimum atomic E-state index is 0.251. The molecule has 5 rings (SSSR count). The maximum atomic E-state index is 5.59. The molecule has 0 bridgehead atoms. The van der Waals surface area contributed by atoms with Gasteiger partial charge in [0.2, 0.25) is 6.79 Å². The molecule has 2 heterocycles. The van der Waals surface area contributed by atoms with Gasteiger partial charge in [0, 0.05) is 19.6 Å². The van der Waals surface area contributed by atoms with Crippen molar-refractivity contribution in [3.8, 4) is 11.5 Å². The number of rotatable bonds is 1. The van der Waals surface area contributed by atoms with Gasteiger partial charge in [-0.15, -0.1) is 0 Å². The molecule has 2 aromatic carbocycles. The van der Waals surface area contributed by atoms with E-state index >= 15 is 0 Å². The summed E-state index contributed by atoms with van der Waals surface area (Å²) in [7, 11) is 0. The minimum Gasteiger partial charge on any atom is -0.454 e. The van der Waals surface area contributed by atoms with Crippen LogP contribution >= 0.6 is 38.5 Å². The summed E-state index contributed by atoms with van der Waals surface area (Å²) in [4.78, 5) is 0. The molecule has 0 spiro atoms. The third-order valence-electron chi connectivity index (χ3n) is 5.15. The number of hydrogen-bond donors (Lipinski definition) is 1. The number of fused-ring (bicyclic) bond motifs is 4. The average Bonchev–Trinajstić information content (AvgIpc) is 3.22. The van der Waals surface area contributed by atoms with E-state index in [9.17, 15) is 0 Å². The van der Waals surface area contributed by atoms with Crippen molar-refractivity contribution in [2.75, 3.05) is 12.1 Å². The number of anilines is 1. The zero-order chi connectivity index (χ0) is 16.3. The average molecular weight is 496 g/mol. The summed E-state index contributed by atoms with van der Waals surface area (Å²) in [6.45, 7) is 0.304. The van der Waals surface area contributed by atoms with Crippen LogP contribution in [0.4, 0.5) is 5.69 Å². The Morgan fingerprint density at radius 2 is 1.92 bits per heavy atom. The summed E-state index contributed by atoms with van der Waals surface area (Å²) >= 11 is 6.13. The number of halogens is 2. The maximum Gasteiger partial charge on any atom is 0.231 e. The van der Waals surface area contributed by atoms with Gasteiger partial charge in [0.05, 0.1) is 6.04 Å². The number of benzene rings is 2. The van der Waals surface area contributed by atoms with Crippen LogP contribution in [0.15, 0.2) is 47.0 Å². The second-order valence-corrected chi connectivity index (χ2v) is 8.53. The highest BCUT2D eigenvalue weighted by molar-refractivity contribution is 14.1. The van der Waals surface area contributed by atoms with Crippen molar-refractivity contribution in [3.05, 3.63) is 61.7 Å². The van der Waals surface area contributed by atoms with Gasteiger partial charge in [-0.2, -0.15) is 0 Å². The quantitative estimate of drug-likeness (QED) is 0.412. The van der Waals surface area contributed by atoms with E-state index in [0.29, 0.717) is 18.6 Å². The van der Waals surface area contributed by atoms with Gasteiger partial charge >= 0.3 is 0 Å². The lowest BCUT2D eigenvalue weighted by molar-refractivity contribution is 0.174. The van der Waals surface area contributed by atoms with Crippen LogP contribution < -0.4 is 14.8 Å². The minimum absolute atomic E-state index is 0.251. The van der Waals surface area contributed by atoms with Gasteiger partial charge in [0.25, 0.3) is 0 Å². The Kier molecular flexibility index (Phi) is 3.56. The molecule has 0 amide bonds. The van der Waals surface area contributed by atoms with E-state index in [2.05, 4.69) is 80.3 Å². The monoisotopic (exact) mass is 495 g/mol. The Hall–Kier alpha value is -1.21. The first-order chi connectivity index (χ1) is 11.7. The van der Waals surface area contributed by atoms with E-state index in [4.69, 9.17) is 9.47 Å². The smallest absolute Gasteiger partial charge is 0.231 e. The zero-order valence-electron chi connectivity index (χ0n) is 12.8. The highest BCUT2D eigenvalue weighted by Gasteiger charge is 2.39. The third-order valence-corrected chi connectivity index (χ3v) is 6.51. The van der Waals surface area contributed by atoms with Crippen LogP contribution in [0.3, 0.4) is 0 Å². The van der Waals surface area contributed by atoms with Crippen LogP contribution in [0.25, 0.3) is 0 Å². The lowest BCUT2D eigenvalue weighted by atomic mass is 9.77. The zero-order valence-corrected chi connectivity index (χ0v) is 16.5. The molecule has 3 atom stereocenters. The number of ether oxygens (including phenoxy) is 2. The molecule has 1 N–H and O–H groups in total. The summed E-state index contributed by atoms with van der Waals surface area (Å²) in [5.41, 5.74) is 3.88. The summed E-state index contributed by atoms with van der Waals surface area (Å²) in [6, 6.07) is 11.1. The van der Waals surface area contributed by atoms with Crippen LogP contribution in [0, 0.1) is 9.49 Å². The standard InChI is InChI=1S/C19H15BrINO2/c20-15-8-18-17(23-9-24-18)7-14(15)19-12-3-1-2-11(12)13-6-10(21)4-5-16(13)22-19/h1-2,4-8,11-12,19,22H,3,9H2/t11-,12+,19-/m1/s1. The summed E-state index contributed by atoms with van der Waals surface area (Å²) in [5.74, 6) is 2.65. The lowest BCUT2D eigenvalue weighted by Crippen LogP contribution is -2.29. The Morgan fingerprint density at radius 3 is 2.79 bits per heavy atom. The summed E-state index contributed by atoms with van der Waals surface area (Å²) in [5, 5.41) is 3.77. The van der Waals surface area contributed by atoms with Gasteiger partial charge < -0.3 is 14.8 Å². The Balaban J connectivity index is 1.61. The second kappa shape index (κ2) is 5.66. The van der Waals surface area contributed by atoms with Gasteiger partial charge in [-0.25, -0.2) is 0 Å². The first-order valence-electron chi connectivity index (χ1n) is 8.02. The molecule has 0 radical (unpaired) electrons. The van der Waals surface area contributed by atoms with Crippen LogP contribution in [0.1, 0.15) is 29.5 Å². The predicted octanol–water partition coefficient (Wildman–Crippen LogP) is 5.61. The van der Waals surface area contributed by atoms with Crippen LogP contribution in [0.5, 0.6) is 11.5 Å². The molecule has 0 saturated carbocycles. The number of allylic oxidation sites excluding steroid dienone is 2. The highest BCUT2D eigenvalue weighted by Crippen LogP contribution is 2.52. The van der Waals surface area contributed by atoms with Crippen LogP contribution in [0.2, 0.25) is 0 Å². The van der Waals surface area contributed by atoms with Gasteiger partial charge in [-0.05, 0) is 76.4 Å². The molecule has 5 heteroatoms. The maximum absolute atomic E-state index is 5.59. The molecule has 3 nitrogen and oxygen atoms in total. The first kappa shape index (κ1) is 15.1. The van der Waals surface area contributed by atoms with Crippen molar-refractivity contribution in [3.63, 3.8) is 0 Å². The summed E-state index contributed by atoms with van der Waals surface area (Å²) < 4.78 is 13.4. The molecule has 24 heavy (non-hydrogen) atoms. The predicted molar refractivity (Wildman–Crippen MR) is 106 cm³/mol. The molecule has 3 aliphatic rings. The number of hydrogen-bond acceptors (Lipinski definition) is 3. The van der Waals surface area contributed by atoms with Crippen molar-refractivity contribution < 1.29 is 9.47 Å². The molecule has 1 aliphatic carbocycles. The van der Waals surface area contributed by atoms with Crippen molar-refractivity contribution >= 4 is 44.2 Å². The second-order valence-electron chi connectivity index (χ2n) is 6.43. The molecule has 0 saturated heterocycles. The lowest BCUT2D eigenvalue weighted by Gasteiger charge is -2.38. The highest BCUT2D eigenvalue weighted by atomic mass is 127. The number of nitrogens with one attached hydrogen (secondary N) is 1. The molecule has 0 aromatic heterocycles. The fourth-order valence-electron chi connectivity index (χ4n) is 4.04. The van der Waals surface area contributed by atoms with Crippen molar-refractivity contribution in [1.82, 2.24) is 0 Å². The third kappa shape index (κ3) is 2.28. The van der Waals surface area contributed by atoms with E-state index in [1.54, 1.807) is 0 Å². The fourth-order valence-corrected chi connectivity index (χ4v) is 5.13. The SMILES string of the molecule is Brc1cc2c(cc1[C@@H]1Nc3ccc(I)cc3[C@@H]3C=CC[C@@H]31)OCO2. The van der Waals surface area contributed by atoms with Crippen LogP contribution in [-0.2, 0) is 0 Å². The van der Waals surface area contributed by atoms with E-state index in [0.717, 1.165) is 22.4 Å². The van der Waals surface area contributed by atoms with Gasteiger partial charge in [-0.3, -0.25) is 0 Å².